The van der Waals surface area contributed by atoms with E-state index in [1.807, 2.05) is 6.07 Å². The molecule has 5 nitrogen and oxygen atoms in total. The first kappa shape index (κ1) is 20.9. The number of aromatic nitrogens is 1. The van der Waals surface area contributed by atoms with E-state index in [9.17, 15) is 23.1 Å². The third-order valence-electron chi connectivity index (χ3n) is 5.88. The third-order valence-corrected chi connectivity index (χ3v) is 5.88. The molecule has 1 atom stereocenters. The summed E-state index contributed by atoms with van der Waals surface area (Å²) in [5.41, 5.74) is 0.641. The summed E-state index contributed by atoms with van der Waals surface area (Å²) < 4.78 is 41.8. The van der Waals surface area contributed by atoms with Crippen LogP contribution >= 0.6 is 0 Å². The zero-order valence-corrected chi connectivity index (χ0v) is 16.7. The summed E-state index contributed by atoms with van der Waals surface area (Å²) in [5.74, 6) is -2.76. The standard InChI is InChI=1S/C23H20F3N3O2/c1-23(10-27,11-30)29-22(31)14-6-13(7-14)19-17-8-16(25)9-18(26)21(17)28-20(19)12-2-4-15(24)5-3-12/h2-5,8-9,13-14,28,30H,6-7,11H2,1H3,(H,29,31). The van der Waals surface area contributed by atoms with Crippen molar-refractivity contribution in [1.29, 1.82) is 5.26 Å². The van der Waals surface area contributed by atoms with Crippen LogP contribution in [0.4, 0.5) is 13.2 Å². The van der Waals surface area contributed by atoms with Crippen LogP contribution in [0.5, 0.6) is 0 Å². The molecule has 0 spiro atoms. The Morgan fingerprint density at radius 3 is 2.52 bits per heavy atom. The SMILES string of the molecule is CC(C#N)(CO)NC(=O)C1CC(c2c(-c3ccc(F)cc3)[nH]c3c(F)cc(F)cc23)C1. The molecule has 0 aliphatic heterocycles. The van der Waals surface area contributed by atoms with Gasteiger partial charge in [0.1, 0.15) is 23.0 Å². The van der Waals surface area contributed by atoms with E-state index >= 15 is 0 Å². The van der Waals surface area contributed by atoms with Crippen molar-refractivity contribution in [2.45, 2.75) is 31.2 Å². The minimum Gasteiger partial charge on any atom is -0.393 e. The van der Waals surface area contributed by atoms with Gasteiger partial charge in [-0.25, -0.2) is 13.2 Å². The first-order valence-corrected chi connectivity index (χ1v) is 9.85. The van der Waals surface area contributed by atoms with E-state index in [1.165, 1.54) is 25.1 Å². The zero-order chi connectivity index (χ0) is 22.3. The number of nitrogens with one attached hydrogen (secondary N) is 2. The highest BCUT2D eigenvalue weighted by atomic mass is 19.1. The van der Waals surface area contributed by atoms with Crippen LogP contribution in [-0.2, 0) is 4.79 Å². The van der Waals surface area contributed by atoms with Crippen LogP contribution in [0.15, 0.2) is 36.4 Å². The monoisotopic (exact) mass is 427 g/mol. The van der Waals surface area contributed by atoms with Crippen molar-refractivity contribution in [3.63, 3.8) is 0 Å². The van der Waals surface area contributed by atoms with Crippen molar-refractivity contribution in [3.8, 4) is 17.3 Å². The average Bonchev–Trinajstić information content (AvgIpc) is 3.07. The minimum atomic E-state index is -1.37. The largest absolute Gasteiger partial charge is 0.393 e. The summed E-state index contributed by atoms with van der Waals surface area (Å²) in [4.78, 5) is 15.5. The molecule has 8 heteroatoms. The topological polar surface area (TPSA) is 88.9 Å². The second-order valence-corrected chi connectivity index (χ2v) is 8.19. The number of nitrogens with zero attached hydrogens (tertiary/aromatic N) is 1. The van der Waals surface area contributed by atoms with Gasteiger partial charge in [0.2, 0.25) is 5.91 Å². The summed E-state index contributed by atoms with van der Waals surface area (Å²) in [6, 6.07) is 9.61. The summed E-state index contributed by atoms with van der Waals surface area (Å²) in [7, 11) is 0. The molecule has 3 aromatic rings. The van der Waals surface area contributed by atoms with Crippen LogP contribution < -0.4 is 5.32 Å². The van der Waals surface area contributed by atoms with Crippen molar-refractivity contribution in [3.05, 3.63) is 59.4 Å². The number of aliphatic hydroxyl groups excluding tert-OH is 1. The van der Waals surface area contributed by atoms with Crippen molar-refractivity contribution in [2.24, 2.45) is 5.92 Å². The van der Waals surface area contributed by atoms with Gasteiger partial charge >= 0.3 is 0 Å². The maximum Gasteiger partial charge on any atom is 0.224 e. The minimum absolute atomic E-state index is 0.154. The highest BCUT2D eigenvalue weighted by Crippen LogP contribution is 2.48. The van der Waals surface area contributed by atoms with Crippen molar-refractivity contribution < 1.29 is 23.1 Å². The Kier molecular flexibility index (Phi) is 5.23. The van der Waals surface area contributed by atoms with Gasteiger partial charge in [0.05, 0.1) is 23.9 Å². The normalized spacial score (nSPS) is 20.0. The van der Waals surface area contributed by atoms with E-state index < -0.39 is 35.5 Å². The lowest BCUT2D eigenvalue weighted by molar-refractivity contribution is -0.129. The molecule has 2 aromatic carbocycles. The van der Waals surface area contributed by atoms with Crippen LogP contribution in [0.1, 0.15) is 31.2 Å². The number of carbonyl (C=O) groups is 1. The number of hydrogen-bond donors (Lipinski definition) is 3. The maximum absolute atomic E-state index is 14.4. The maximum atomic E-state index is 14.4. The first-order valence-electron chi connectivity index (χ1n) is 9.85. The molecule has 160 valence electrons. The molecule has 1 fully saturated rings. The molecule has 1 saturated carbocycles. The van der Waals surface area contributed by atoms with Gasteiger partial charge in [-0.05, 0) is 67.1 Å². The van der Waals surface area contributed by atoms with Gasteiger partial charge in [0, 0.05) is 17.4 Å². The summed E-state index contributed by atoms with van der Waals surface area (Å²) >= 11 is 0. The number of halogens is 3. The highest BCUT2D eigenvalue weighted by molar-refractivity contribution is 5.92. The number of benzene rings is 2. The lowest BCUT2D eigenvalue weighted by Gasteiger charge is -2.36. The molecule has 0 bridgehead atoms. The second-order valence-electron chi connectivity index (χ2n) is 8.19. The Morgan fingerprint density at radius 1 is 1.23 bits per heavy atom. The number of aromatic amines is 1. The Bertz CT molecular complexity index is 1190. The number of amides is 1. The lowest BCUT2D eigenvalue weighted by atomic mass is 9.69. The first-order chi connectivity index (χ1) is 14.7. The molecule has 31 heavy (non-hydrogen) atoms. The zero-order valence-electron chi connectivity index (χ0n) is 16.7. The molecular weight excluding hydrogens is 407 g/mol. The average molecular weight is 427 g/mol. The fourth-order valence-electron chi connectivity index (χ4n) is 4.05. The Labute approximate surface area is 176 Å². The number of aliphatic hydroxyl groups is 1. The number of nitriles is 1. The summed E-state index contributed by atoms with van der Waals surface area (Å²) in [5, 5.41) is 21.4. The summed E-state index contributed by atoms with van der Waals surface area (Å²) in [6.07, 6.45) is 0.829. The van der Waals surface area contributed by atoms with E-state index in [0.29, 0.717) is 35.0 Å². The lowest BCUT2D eigenvalue weighted by Crippen LogP contribution is -2.51. The van der Waals surface area contributed by atoms with Crippen LogP contribution in [0.25, 0.3) is 22.2 Å². The van der Waals surface area contributed by atoms with Crippen LogP contribution in [0.2, 0.25) is 0 Å². The second kappa shape index (κ2) is 7.75. The van der Waals surface area contributed by atoms with E-state index in [0.717, 1.165) is 6.07 Å². The van der Waals surface area contributed by atoms with Crippen LogP contribution in [0.3, 0.4) is 0 Å². The molecule has 1 aromatic heterocycles. The van der Waals surface area contributed by atoms with Gasteiger partial charge in [-0.1, -0.05) is 0 Å². The van der Waals surface area contributed by atoms with Crippen LogP contribution in [-0.4, -0.2) is 28.1 Å². The van der Waals surface area contributed by atoms with E-state index in [2.05, 4.69) is 10.3 Å². The predicted molar refractivity (Wildman–Crippen MR) is 108 cm³/mol. The fraction of sp³-hybridized carbons (Fsp3) is 0.304. The number of H-pyrrole nitrogens is 1. The molecule has 1 amide bonds. The summed E-state index contributed by atoms with van der Waals surface area (Å²) in [6.45, 7) is 0.917. The molecule has 4 rings (SSSR count). The molecule has 0 radical (unpaired) electrons. The fourth-order valence-corrected chi connectivity index (χ4v) is 4.05. The van der Waals surface area contributed by atoms with Crippen molar-refractivity contribution in [2.75, 3.05) is 6.61 Å². The molecular formula is C23H20F3N3O2. The number of fused-ring (bicyclic) bond motifs is 1. The van der Waals surface area contributed by atoms with Gasteiger partial charge in [-0.2, -0.15) is 5.26 Å². The van der Waals surface area contributed by atoms with Crippen LogP contribution in [0, 0.1) is 34.7 Å². The van der Waals surface area contributed by atoms with Gasteiger partial charge in [0.25, 0.3) is 0 Å². The Balaban J connectivity index is 1.68. The Morgan fingerprint density at radius 2 is 1.90 bits per heavy atom. The molecule has 0 saturated heterocycles. The van der Waals surface area contributed by atoms with Crippen molar-refractivity contribution >= 4 is 16.8 Å². The predicted octanol–water partition coefficient (Wildman–Crippen LogP) is 4.14. The third kappa shape index (κ3) is 3.77. The quantitative estimate of drug-likeness (QED) is 0.572. The molecule has 1 aliphatic carbocycles. The Hall–Kier alpha value is -3.31. The molecule has 1 heterocycles. The van der Waals surface area contributed by atoms with Gasteiger partial charge in [-0.3, -0.25) is 4.79 Å². The number of hydrogen-bond acceptors (Lipinski definition) is 3. The smallest absolute Gasteiger partial charge is 0.224 e. The van der Waals surface area contributed by atoms with E-state index in [1.54, 1.807) is 12.1 Å². The number of carbonyl (C=O) groups excluding carboxylic acids is 1. The van der Waals surface area contributed by atoms with Gasteiger partial charge in [-0.15, -0.1) is 0 Å². The van der Waals surface area contributed by atoms with Gasteiger partial charge < -0.3 is 15.4 Å². The molecule has 1 aliphatic rings. The van der Waals surface area contributed by atoms with E-state index in [4.69, 9.17) is 5.26 Å². The molecule has 3 N–H and O–H groups in total. The van der Waals surface area contributed by atoms with E-state index in [-0.39, 0.29) is 17.3 Å². The van der Waals surface area contributed by atoms with Gasteiger partial charge in [0.15, 0.2) is 0 Å². The highest BCUT2D eigenvalue weighted by Gasteiger charge is 2.40. The number of rotatable bonds is 5. The molecule has 1 unspecified atom stereocenters. The van der Waals surface area contributed by atoms with Crippen molar-refractivity contribution in [1.82, 2.24) is 10.3 Å².